The van der Waals surface area contributed by atoms with E-state index in [2.05, 4.69) is 32.9 Å². The number of aliphatic imine (C=N–C) groups is 1. The molecule has 156 valence electrons. The monoisotopic (exact) mass is 580 g/mol. The van der Waals surface area contributed by atoms with Gasteiger partial charge >= 0.3 is 0 Å². The lowest BCUT2D eigenvalue weighted by atomic mass is 10.2. The molecule has 0 saturated carbocycles. The average molecular weight is 581 g/mol. The first kappa shape index (κ1) is 22.2. The van der Waals surface area contributed by atoms with Gasteiger partial charge in [-0.3, -0.25) is 4.79 Å². The highest BCUT2D eigenvalue weighted by molar-refractivity contribution is 14.1. The van der Waals surface area contributed by atoms with Gasteiger partial charge in [-0.1, -0.05) is 59.6 Å². The standard InChI is InChI=1S/C23H15Cl2IN2O2S/c24-17-5-3-6-18(21(17)25)27-23-28-22(29)20(31-23)12-15-4-1-2-7-19(15)30-13-14-8-10-16(26)11-9-14/h1-12H,13H2,(H,27,28,29)/b20-12+. The number of para-hydroxylation sites is 1. The number of ether oxygens (including phenoxy) is 1. The Balaban J connectivity index is 1.53. The van der Waals surface area contributed by atoms with E-state index in [1.807, 2.05) is 48.5 Å². The van der Waals surface area contributed by atoms with Crippen molar-refractivity contribution in [2.45, 2.75) is 6.61 Å². The number of thioether (sulfide) groups is 1. The topological polar surface area (TPSA) is 50.7 Å². The van der Waals surface area contributed by atoms with E-state index in [-0.39, 0.29) is 5.91 Å². The number of nitrogens with zero attached hydrogens (tertiary/aromatic N) is 1. The van der Waals surface area contributed by atoms with Gasteiger partial charge in [-0.2, -0.15) is 0 Å². The molecule has 1 fully saturated rings. The molecule has 0 aliphatic carbocycles. The summed E-state index contributed by atoms with van der Waals surface area (Å²) in [6.07, 6.45) is 1.80. The summed E-state index contributed by atoms with van der Waals surface area (Å²) in [5.41, 5.74) is 2.39. The molecule has 1 amide bonds. The van der Waals surface area contributed by atoms with Crippen LogP contribution < -0.4 is 10.1 Å². The van der Waals surface area contributed by atoms with Gasteiger partial charge in [-0.05, 0) is 76.3 Å². The van der Waals surface area contributed by atoms with Crippen LogP contribution in [0.5, 0.6) is 5.75 Å². The van der Waals surface area contributed by atoms with Gasteiger partial charge in [-0.15, -0.1) is 0 Å². The Bertz CT molecular complexity index is 1200. The molecule has 0 bridgehead atoms. The van der Waals surface area contributed by atoms with Crippen molar-refractivity contribution in [3.05, 3.63) is 96.4 Å². The first-order chi connectivity index (χ1) is 15.0. The van der Waals surface area contributed by atoms with Crippen molar-refractivity contribution in [1.82, 2.24) is 5.32 Å². The lowest BCUT2D eigenvalue weighted by Crippen LogP contribution is -2.19. The van der Waals surface area contributed by atoms with Crippen LogP contribution in [0.15, 0.2) is 76.6 Å². The molecule has 0 aromatic heterocycles. The second-order valence-corrected chi connectivity index (χ2v) is 9.57. The highest BCUT2D eigenvalue weighted by Crippen LogP contribution is 2.35. The summed E-state index contributed by atoms with van der Waals surface area (Å²) in [7, 11) is 0. The zero-order chi connectivity index (χ0) is 21.8. The number of carbonyl (C=O) groups excluding carboxylic acids is 1. The second kappa shape index (κ2) is 10.1. The van der Waals surface area contributed by atoms with E-state index in [0.29, 0.717) is 38.2 Å². The van der Waals surface area contributed by atoms with Crippen LogP contribution >= 0.6 is 57.6 Å². The summed E-state index contributed by atoms with van der Waals surface area (Å²) in [4.78, 5) is 17.4. The lowest BCUT2D eigenvalue weighted by molar-refractivity contribution is -0.115. The third-order valence-electron chi connectivity index (χ3n) is 4.32. The number of hydrogen-bond donors (Lipinski definition) is 1. The maximum atomic E-state index is 12.5. The van der Waals surface area contributed by atoms with Gasteiger partial charge in [0, 0.05) is 9.13 Å². The smallest absolute Gasteiger partial charge is 0.264 e. The summed E-state index contributed by atoms with van der Waals surface area (Å²) < 4.78 is 7.18. The maximum absolute atomic E-state index is 12.5. The number of hydrogen-bond acceptors (Lipinski definition) is 4. The maximum Gasteiger partial charge on any atom is 0.264 e. The third kappa shape index (κ3) is 5.63. The number of amidine groups is 1. The van der Waals surface area contributed by atoms with Crippen LogP contribution in [0.4, 0.5) is 5.69 Å². The Morgan fingerprint density at radius 2 is 1.81 bits per heavy atom. The second-order valence-electron chi connectivity index (χ2n) is 6.51. The predicted molar refractivity (Wildman–Crippen MR) is 137 cm³/mol. The van der Waals surface area contributed by atoms with Crippen LogP contribution in [-0.2, 0) is 11.4 Å². The third-order valence-corrected chi connectivity index (χ3v) is 6.76. The molecule has 3 aromatic carbocycles. The van der Waals surface area contributed by atoms with Crippen molar-refractivity contribution in [3.8, 4) is 5.75 Å². The quantitative estimate of drug-likeness (QED) is 0.259. The van der Waals surface area contributed by atoms with Crippen LogP contribution in [0.1, 0.15) is 11.1 Å². The zero-order valence-electron chi connectivity index (χ0n) is 15.9. The summed E-state index contributed by atoms with van der Waals surface area (Å²) in [5.74, 6) is 0.472. The van der Waals surface area contributed by atoms with Gasteiger partial charge in [0.2, 0.25) is 0 Å². The minimum Gasteiger partial charge on any atom is -0.488 e. The van der Waals surface area contributed by atoms with Crippen molar-refractivity contribution in [2.24, 2.45) is 4.99 Å². The Morgan fingerprint density at radius 1 is 1.03 bits per heavy atom. The predicted octanol–water partition coefficient (Wildman–Crippen LogP) is 7.07. The van der Waals surface area contributed by atoms with Crippen molar-refractivity contribution in [3.63, 3.8) is 0 Å². The van der Waals surface area contributed by atoms with Crippen LogP contribution in [0.2, 0.25) is 10.0 Å². The highest BCUT2D eigenvalue weighted by atomic mass is 127. The largest absolute Gasteiger partial charge is 0.488 e. The van der Waals surface area contributed by atoms with E-state index in [4.69, 9.17) is 27.9 Å². The molecule has 4 nitrogen and oxygen atoms in total. The fraction of sp³-hybridized carbons (Fsp3) is 0.0435. The van der Waals surface area contributed by atoms with Gasteiger partial charge in [0.15, 0.2) is 5.17 Å². The Labute approximate surface area is 207 Å². The minimum absolute atomic E-state index is 0.227. The molecule has 0 unspecified atom stereocenters. The van der Waals surface area contributed by atoms with Gasteiger partial charge in [0.05, 0.1) is 20.6 Å². The molecule has 8 heteroatoms. The molecule has 1 saturated heterocycles. The van der Waals surface area contributed by atoms with E-state index >= 15 is 0 Å². The first-order valence-corrected chi connectivity index (χ1v) is 11.8. The van der Waals surface area contributed by atoms with E-state index in [0.717, 1.165) is 11.1 Å². The molecule has 1 N–H and O–H groups in total. The fourth-order valence-electron chi connectivity index (χ4n) is 2.78. The molecule has 1 aliphatic rings. The summed E-state index contributed by atoms with van der Waals surface area (Å²) in [5, 5.41) is 3.96. The molecule has 0 radical (unpaired) electrons. The normalized spacial score (nSPS) is 16.0. The molecule has 0 atom stereocenters. The van der Waals surface area contributed by atoms with Crippen LogP contribution in [-0.4, -0.2) is 11.1 Å². The molecule has 1 aliphatic heterocycles. The van der Waals surface area contributed by atoms with Crippen molar-refractivity contribution >= 4 is 80.4 Å². The minimum atomic E-state index is -0.227. The Morgan fingerprint density at radius 3 is 2.61 bits per heavy atom. The fourth-order valence-corrected chi connectivity index (χ4v) is 4.31. The number of nitrogens with one attached hydrogen (secondary N) is 1. The molecule has 31 heavy (non-hydrogen) atoms. The first-order valence-electron chi connectivity index (χ1n) is 9.19. The molecular formula is C23H15Cl2IN2O2S. The van der Waals surface area contributed by atoms with Crippen molar-refractivity contribution in [1.29, 1.82) is 0 Å². The van der Waals surface area contributed by atoms with E-state index < -0.39 is 0 Å². The highest BCUT2D eigenvalue weighted by Gasteiger charge is 2.24. The van der Waals surface area contributed by atoms with E-state index in [1.165, 1.54) is 15.3 Å². The van der Waals surface area contributed by atoms with Gasteiger partial charge < -0.3 is 10.1 Å². The van der Waals surface area contributed by atoms with Gasteiger partial charge in [0.25, 0.3) is 5.91 Å². The SMILES string of the molecule is O=C1NC(=Nc2cccc(Cl)c2Cl)S/C1=C/c1ccccc1OCc1ccc(I)cc1. The van der Waals surface area contributed by atoms with Crippen LogP contribution in [0.3, 0.4) is 0 Å². The number of amides is 1. The number of halogens is 3. The molecule has 3 aromatic rings. The lowest BCUT2D eigenvalue weighted by Gasteiger charge is -2.09. The summed E-state index contributed by atoms with van der Waals surface area (Å²) in [6.45, 7) is 0.441. The van der Waals surface area contributed by atoms with E-state index in [1.54, 1.807) is 24.3 Å². The van der Waals surface area contributed by atoms with Gasteiger partial charge in [0.1, 0.15) is 12.4 Å². The molecule has 1 heterocycles. The zero-order valence-corrected chi connectivity index (χ0v) is 20.4. The summed E-state index contributed by atoms with van der Waals surface area (Å²) in [6, 6.07) is 20.9. The Kier molecular flexibility index (Phi) is 7.22. The number of rotatable bonds is 5. The van der Waals surface area contributed by atoms with Crippen molar-refractivity contribution < 1.29 is 9.53 Å². The number of benzene rings is 3. The Hall–Kier alpha value is -2.00. The average Bonchev–Trinajstić information content (AvgIpc) is 3.10. The van der Waals surface area contributed by atoms with Gasteiger partial charge in [-0.25, -0.2) is 4.99 Å². The molecule has 4 rings (SSSR count). The van der Waals surface area contributed by atoms with E-state index in [9.17, 15) is 4.79 Å². The van der Waals surface area contributed by atoms with Crippen LogP contribution in [0, 0.1) is 3.57 Å². The number of carbonyl (C=O) groups is 1. The molecular weight excluding hydrogens is 566 g/mol. The summed E-state index contributed by atoms with van der Waals surface area (Å²) >= 11 is 15.7. The molecule has 0 spiro atoms. The van der Waals surface area contributed by atoms with Crippen molar-refractivity contribution in [2.75, 3.05) is 0 Å². The van der Waals surface area contributed by atoms with Crippen LogP contribution in [0.25, 0.3) is 6.08 Å².